The van der Waals surface area contributed by atoms with E-state index in [-0.39, 0.29) is 10.8 Å². The largest absolute Gasteiger partial charge is 0.455 e. The highest BCUT2D eigenvalue weighted by atomic mass is 16.3. The number of rotatable bonds is 5. The first-order valence-corrected chi connectivity index (χ1v) is 25.2. The molecule has 0 atom stereocenters. The number of furan rings is 2. The molecule has 72 heavy (non-hydrogen) atoms. The van der Waals surface area contributed by atoms with Gasteiger partial charge in [-0.3, -0.25) is 0 Å². The van der Waals surface area contributed by atoms with Gasteiger partial charge in [-0.05, 0) is 145 Å². The second-order valence-electron chi connectivity index (χ2n) is 21.2. The molecular weight excluding hydrogens is 875 g/mol. The minimum absolute atomic E-state index is 0.340. The third-order valence-electron chi connectivity index (χ3n) is 16.5. The van der Waals surface area contributed by atoms with Crippen LogP contribution in [-0.4, -0.2) is 0 Å². The Morgan fingerprint density at radius 1 is 0.333 bits per heavy atom. The third kappa shape index (κ3) is 5.62. The van der Waals surface area contributed by atoms with Crippen molar-refractivity contribution in [2.45, 2.75) is 45.4 Å². The smallest absolute Gasteiger partial charge is 0.144 e. The van der Waals surface area contributed by atoms with Crippen LogP contribution in [0.4, 0.5) is 17.1 Å². The number of fused-ring (bicyclic) bond motifs is 16. The maximum Gasteiger partial charge on any atom is 0.144 e. The third-order valence-corrected chi connectivity index (χ3v) is 16.5. The molecule has 2 aliphatic carbocycles. The number of aryl methyl sites for hydroxylation is 1. The van der Waals surface area contributed by atoms with Crippen molar-refractivity contribution >= 4 is 82.5 Å². The summed E-state index contributed by atoms with van der Waals surface area (Å²) in [5.41, 5.74) is 22.4. The van der Waals surface area contributed by atoms with E-state index in [0.29, 0.717) is 0 Å². The molecule has 15 rings (SSSR count). The van der Waals surface area contributed by atoms with Crippen molar-refractivity contribution in [3.63, 3.8) is 0 Å². The number of benzene rings is 11. The van der Waals surface area contributed by atoms with Gasteiger partial charge in [-0.15, -0.1) is 0 Å². The van der Waals surface area contributed by atoms with E-state index in [9.17, 15) is 0 Å². The van der Waals surface area contributed by atoms with Crippen molar-refractivity contribution in [1.29, 1.82) is 0 Å². The topological polar surface area (TPSA) is 29.5 Å². The lowest BCUT2D eigenvalue weighted by Crippen LogP contribution is -2.18. The number of anilines is 3. The summed E-state index contributed by atoms with van der Waals surface area (Å²) in [4.78, 5) is 2.45. The van der Waals surface area contributed by atoms with Gasteiger partial charge in [-0.25, -0.2) is 0 Å². The number of hydrogen-bond donors (Lipinski definition) is 0. The molecule has 3 nitrogen and oxygen atoms in total. The van der Waals surface area contributed by atoms with E-state index in [2.05, 4.69) is 246 Å². The van der Waals surface area contributed by atoms with E-state index in [4.69, 9.17) is 8.83 Å². The predicted octanol–water partition coefficient (Wildman–Crippen LogP) is 19.5. The first-order valence-electron chi connectivity index (χ1n) is 25.2. The predicted molar refractivity (Wildman–Crippen MR) is 301 cm³/mol. The van der Waals surface area contributed by atoms with Crippen molar-refractivity contribution in [2.75, 3.05) is 4.90 Å². The minimum atomic E-state index is -0.340. The lowest BCUT2D eigenvalue weighted by Gasteiger charge is -2.30. The van der Waals surface area contributed by atoms with Crippen LogP contribution in [0, 0.1) is 6.92 Å². The lowest BCUT2D eigenvalue weighted by molar-refractivity contribution is 0.653. The average molecular weight is 924 g/mol. The molecule has 11 aromatic carbocycles. The van der Waals surface area contributed by atoms with Gasteiger partial charge >= 0.3 is 0 Å². The molecule has 0 saturated heterocycles. The summed E-state index contributed by atoms with van der Waals surface area (Å²) in [6.07, 6.45) is 0. The Bertz CT molecular complexity index is 4190. The Morgan fingerprint density at radius 3 is 1.21 bits per heavy atom. The second-order valence-corrected chi connectivity index (χ2v) is 21.2. The fourth-order valence-corrected chi connectivity index (χ4v) is 12.9. The summed E-state index contributed by atoms with van der Waals surface area (Å²) in [5, 5.41) is 9.55. The molecule has 0 spiro atoms. The first-order chi connectivity index (χ1) is 35.1. The Kier molecular flexibility index (Phi) is 8.40. The van der Waals surface area contributed by atoms with Crippen LogP contribution in [-0.2, 0) is 10.8 Å². The maximum atomic E-state index is 7.01. The standard InChI is InChI=1S/C69H49NO2/c1-40-28-30-43(31-29-40)70(44-32-34-50-56(36-44)68(2,3)58-38-54(48-24-14-18-41-16-6-8-20-46(41)48)62-52-22-10-12-26-60(52)71-66(62)64(50)58)45-33-35-51-57(37-45)69(4,5)59-39-55(49-25-15-19-42-17-7-9-21-47(42)49)63-53-23-11-13-27-61(53)72-67(63)65(51)59/h6-39H,1-5H3. The van der Waals surface area contributed by atoms with Crippen LogP contribution in [0.25, 0.3) is 110 Å². The average Bonchev–Trinajstić information content (AvgIpc) is 4.11. The number of para-hydroxylation sites is 2. The highest BCUT2D eigenvalue weighted by molar-refractivity contribution is 6.22. The molecule has 0 saturated carbocycles. The van der Waals surface area contributed by atoms with Gasteiger partial charge < -0.3 is 13.7 Å². The van der Waals surface area contributed by atoms with E-state index in [0.717, 1.165) is 50.2 Å². The van der Waals surface area contributed by atoms with Gasteiger partial charge in [0.1, 0.15) is 22.3 Å². The molecule has 0 aliphatic heterocycles. The van der Waals surface area contributed by atoms with Gasteiger partial charge in [-0.1, -0.05) is 179 Å². The zero-order valence-corrected chi connectivity index (χ0v) is 40.9. The van der Waals surface area contributed by atoms with Crippen molar-refractivity contribution < 1.29 is 8.83 Å². The van der Waals surface area contributed by atoms with Crippen molar-refractivity contribution in [3.8, 4) is 44.5 Å². The Labute approximate surface area is 418 Å². The summed E-state index contributed by atoms with van der Waals surface area (Å²) in [7, 11) is 0. The van der Waals surface area contributed by atoms with Gasteiger partial charge in [0, 0.05) is 60.6 Å². The Morgan fingerprint density at radius 2 is 0.736 bits per heavy atom. The second kappa shape index (κ2) is 14.7. The normalized spacial score (nSPS) is 14.1. The van der Waals surface area contributed by atoms with Gasteiger partial charge in [0.2, 0.25) is 0 Å². The van der Waals surface area contributed by atoms with Gasteiger partial charge in [0.05, 0.1) is 0 Å². The molecule has 0 unspecified atom stereocenters. The number of hydrogen-bond acceptors (Lipinski definition) is 3. The van der Waals surface area contributed by atoms with Crippen LogP contribution in [0.2, 0.25) is 0 Å². The van der Waals surface area contributed by atoms with Crippen LogP contribution < -0.4 is 4.90 Å². The van der Waals surface area contributed by atoms with Crippen LogP contribution in [0.3, 0.4) is 0 Å². The van der Waals surface area contributed by atoms with Crippen molar-refractivity contribution in [2.24, 2.45) is 0 Å². The summed E-state index contributed by atoms with van der Waals surface area (Å²) in [6.45, 7) is 11.7. The molecule has 2 heterocycles. The summed E-state index contributed by atoms with van der Waals surface area (Å²) >= 11 is 0. The molecule has 0 bridgehead atoms. The highest BCUT2D eigenvalue weighted by Gasteiger charge is 2.42. The summed E-state index contributed by atoms with van der Waals surface area (Å²) < 4.78 is 14.0. The quantitative estimate of drug-likeness (QED) is 0.172. The molecule has 2 aromatic heterocycles. The van der Waals surface area contributed by atoms with Gasteiger partial charge in [-0.2, -0.15) is 0 Å². The monoisotopic (exact) mass is 923 g/mol. The molecule has 13 aromatic rings. The fraction of sp³-hybridized carbons (Fsp3) is 0.101. The van der Waals surface area contributed by atoms with Crippen LogP contribution in [0.5, 0.6) is 0 Å². The first kappa shape index (κ1) is 41.2. The zero-order valence-electron chi connectivity index (χ0n) is 40.9. The molecule has 0 amide bonds. The molecule has 0 fully saturated rings. The maximum absolute atomic E-state index is 7.01. The van der Waals surface area contributed by atoms with E-state index < -0.39 is 0 Å². The van der Waals surface area contributed by atoms with Gasteiger partial charge in [0.25, 0.3) is 0 Å². The Hall–Kier alpha value is -8.66. The Balaban J connectivity index is 0.920. The molecule has 0 N–H and O–H groups in total. The fourth-order valence-electron chi connectivity index (χ4n) is 12.9. The van der Waals surface area contributed by atoms with Crippen molar-refractivity contribution in [1.82, 2.24) is 0 Å². The molecule has 0 radical (unpaired) electrons. The minimum Gasteiger partial charge on any atom is -0.455 e. The van der Waals surface area contributed by atoms with Crippen molar-refractivity contribution in [3.05, 3.63) is 234 Å². The lowest BCUT2D eigenvalue weighted by atomic mass is 9.80. The molecule has 342 valence electrons. The van der Waals surface area contributed by atoms with E-state index >= 15 is 0 Å². The summed E-state index contributed by atoms with van der Waals surface area (Å²) in [6, 6.07) is 76.0. The molecular formula is C69H49NO2. The van der Waals surface area contributed by atoms with E-state index in [1.807, 2.05) is 0 Å². The SMILES string of the molecule is Cc1ccc(N(c2ccc3c(c2)C(C)(C)c2cc(-c4cccc5ccccc45)c4c(oc5ccccc54)c2-3)c2ccc3c(c2)C(C)(C)c2cc(-c4cccc5ccccc45)c4c(oc5ccccc54)c2-3)cc1. The molecule has 2 aliphatic rings. The van der Waals surface area contributed by atoms with Crippen LogP contribution in [0.15, 0.2) is 215 Å². The number of nitrogens with zero attached hydrogens (tertiary/aromatic N) is 1. The highest BCUT2D eigenvalue weighted by Crippen LogP contribution is 2.59. The van der Waals surface area contributed by atoms with E-state index in [1.54, 1.807) is 0 Å². The van der Waals surface area contributed by atoms with Crippen LogP contribution in [0.1, 0.15) is 55.5 Å². The van der Waals surface area contributed by atoms with Gasteiger partial charge in [0.15, 0.2) is 0 Å². The molecule has 3 heteroatoms. The zero-order chi connectivity index (χ0) is 48.2. The van der Waals surface area contributed by atoms with E-state index in [1.165, 1.54) is 105 Å². The summed E-state index contributed by atoms with van der Waals surface area (Å²) in [5.74, 6) is 0. The van der Waals surface area contributed by atoms with Crippen LogP contribution >= 0.6 is 0 Å².